The maximum absolute atomic E-state index is 10.0. The number of likely N-dealkylation sites (N-methyl/N-ethyl adjacent to an activating group) is 1. The van der Waals surface area contributed by atoms with Crippen molar-refractivity contribution in [2.24, 2.45) is 0 Å². The standard InChI is InChI=1S/C15H24N2O2/c1-4-13-11-17(8-7-16(13)2)10-12-5-6-14(19-3)9-15(12)18/h5-6,9,13,18H,4,7-8,10-11H2,1-3H3. The second-order valence-electron chi connectivity index (χ2n) is 5.27. The Morgan fingerprint density at radius 3 is 2.79 bits per heavy atom. The summed E-state index contributed by atoms with van der Waals surface area (Å²) in [6, 6.07) is 6.16. The van der Waals surface area contributed by atoms with Crippen molar-refractivity contribution in [2.45, 2.75) is 25.9 Å². The number of phenols is 1. The van der Waals surface area contributed by atoms with Crippen molar-refractivity contribution in [3.05, 3.63) is 23.8 Å². The average molecular weight is 264 g/mol. The SMILES string of the molecule is CCC1CN(Cc2ccc(OC)cc2O)CCN1C. The van der Waals surface area contributed by atoms with Crippen molar-refractivity contribution in [1.82, 2.24) is 9.80 Å². The van der Waals surface area contributed by atoms with Crippen molar-refractivity contribution < 1.29 is 9.84 Å². The van der Waals surface area contributed by atoms with Gasteiger partial charge in [-0.3, -0.25) is 4.90 Å². The van der Waals surface area contributed by atoms with E-state index < -0.39 is 0 Å². The molecule has 4 nitrogen and oxygen atoms in total. The number of hydrogen-bond acceptors (Lipinski definition) is 4. The van der Waals surface area contributed by atoms with Crippen LogP contribution in [0.1, 0.15) is 18.9 Å². The summed E-state index contributed by atoms with van der Waals surface area (Å²) in [5, 5.41) is 10.0. The van der Waals surface area contributed by atoms with Gasteiger partial charge in [0.1, 0.15) is 11.5 Å². The van der Waals surface area contributed by atoms with E-state index in [1.165, 1.54) is 6.42 Å². The summed E-state index contributed by atoms with van der Waals surface area (Å²) in [6.07, 6.45) is 1.17. The number of rotatable bonds is 4. The van der Waals surface area contributed by atoms with Crippen LogP contribution in [0.15, 0.2) is 18.2 Å². The lowest BCUT2D eigenvalue weighted by atomic mass is 10.1. The van der Waals surface area contributed by atoms with Gasteiger partial charge in [-0.15, -0.1) is 0 Å². The van der Waals surface area contributed by atoms with E-state index in [9.17, 15) is 5.11 Å². The predicted molar refractivity (Wildman–Crippen MR) is 76.6 cm³/mol. The van der Waals surface area contributed by atoms with Crippen molar-refractivity contribution in [3.63, 3.8) is 0 Å². The van der Waals surface area contributed by atoms with Crippen molar-refractivity contribution in [2.75, 3.05) is 33.8 Å². The van der Waals surface area contributed by atoms with Crippen LogP contribution in [-0.2, 0) is 6.54 Å². The molecule has 1 aromatic rings. The van der Waals surface area contributed by atoms with Gasteiger partial charge in [-0.05, 0) is 19.5 Å². The molecule has 1 heterocycles. The molecule has 1 fully saturated rings. The highest BCUT2D eigenvalue weighted by molar-refractivity contribution is 5.39. The Balaban J connectivity index is 2.01. The molecule has 0 amide bonds. The second-order valence-corrected chi connectivity index (χ2v) is 5.27. The first-order valence-corrected chi connectivity index (χ1v) is 6.92. The van der Waals surface area contributed by atoms with E-state index in [0.29, 0.717) is 17.5 Å². The number of ether oxygens (including phenoxy) is 1. The molecule has 1 unspecified atom stereocenters. The van der Waals surface area contributed by atoms with Gasteiger partial charge in [-0.1, -0.05) is 13.0 Å². The van der Waals surface area contributed by atoms with E-state index >= 15 is 0 Å². The molecule has 0 aromatic heterocycles. The van der Waals surface area contributed by atoms with Crippen molar-refractivity contribution >= 4 is 0 Å². The maximum atomic E-state index is 10.0. The van der Waals surface area contributed by atoms with Crippen LogP contribution in [0.3, 0.4) is 0 Å². The highest BCUT2D eigenvalue weighted by Crippen LogP contribution is 2.25. The van der Waals surface area contributed by atoms with Crippen LogP contribution < -0.4 is 4.74 Å². The average Bonchev–Trinajstić information content (AvgIpc) is 2.43. The minimum absolute atomic E-state index is 0.325. The third-order valence-electron chi connectivity index (χ3n) is 4.02. The summed E-state index contributed by atoms with van der Waals surface area (Å²) < 4.78 is 5.11. The van der Waals surface area contributed by atoms with Gasteiger partial charge in [0, 0.05) is 43.9 Å². The van der Waals surface area contributed by atoms with Crippen LogP contribution in [0.25, 0.3) is 0 Å². The molecular weight excluding hydrogens is 240 g/mol. The van der Waals surface area contributed by atoms with Crippen LogP contribution in [0.5, 0.6) is 11.5 Å². The summed E-state index contributed by atoms with van der Waals surface area (Å²) in [4.78, 5) is 4.83. The van der Waals surface area contributed by atoms with Gasteiger partial charge in [-0.25, -0.2) is 0 Å². The molecule has 2 rings (SSSR count). The van der Waals surface area contributed by atoms with Crippen LogP contribution >= 0.6 is 0 Å². The van der Waals surface area contributed by atoms with Gasteiger partial charge < -0.3 is 14.7 Å². The summed E-state index contributed by atoms with van der Waals surface area (Å²) in [6.45, 7) is 6.25. The highest BCUT2D eigenvalue weighted by atomic mass is 16.5. The zero-order valence-electron chi connectivity index (χ0n) is 12.1. The Bertz CT molecular complexity index is 423. The third-order valence-corrected chi connectivity index (χ3v) is 4.02. The quantitative estimate of drug-likeness (QED) is 0.901. The predicted octanol–water partition coefficient (Wildman–Crippen LogP) is 1.93. The van der Waals surface area contributed by atoms with E-state index in [2.05, 4.69) is 23.8 Å². The Kier molecular flexibility index (Phi) is 4.66. The van der Waals surface area contributed by atoms with E-state index in [-0.39, 0.29) is 0 Å². The topological polar surface area (TPSA) is 35.9 Å². The zero-order valence-corrected chi connectivity index (χ0v) is 12.1. The Morgan fingerprint density at radius 2 is 2.16 bits per heavy atom. The molecular formula is C15H24N2O2. The monoisotopic (exact) mass is 264 g/mol. The van der Waals surface area contributed by atoms with Crippen molar-refractivity contribution in [3.8, 4) is 11.5 Å². The Labute approximate surface area is 115 Å². The van der Waals surface area contributed by atoms with Crippen molar-refractivity contribution in [1.29, 1.82) is 0 Å². The fraction of sp³-hybridized carbons (Fsp3) is 0.600. The Morgan fingerprint density at radius 1 is 1.37 bits per heavy atom. The first-order valence-electron chi connectivity index (χ1n) is 6.92. The first kappa shape index (κ1) is 14.2. The van der Waals surface area contributed by atoms with E-state index in [1.54, 1.807) is 13.2 Å². The first-order chi connectivity index (χ1) is 9.13. The zero-order chi connectivity index (χ0) is 13.8. The van der Waals surface area contributed by atoms with Gasteiger partial charge in [-0.2, -0.15) is 0 Å². The smallest absolute Gasteiger partial charge is 0.123 e. The van der Waals surface area contributed by atoms with Gasteiger partial charge in [0.15, 0.2) is 0 Å². The largest absolute Gasteiger partial charge is 0.507 e. The normalized spacial score (nSPS) is 21.5. The number of nitrogens with zero attached hydrogens (tertiary/aromatic N) is 2. The molecule has 1 N–H and O–H groups in total. The van der Waals surface area contributed by atoms with Gasteiger partial charge in [0.2, 0.25) is 0 Å². The molecule has 19 heavy (non-hydrogen) atoms. The molecule has 0 bridgehead atoms. The number of methoxy groups -OCH3 is 1. The minimum Gasteiger partial charge on any atom is -0.507 e. The summed E-state index contributed by atoms with van der Waals surface area (Å²) in [7, 11) is 3.80. The lowest BCUT2D eigenvalue weighted by Crippen LogP contribution is -2.50. The van der Waals surface area contributed by atoms with Crippen LogP contribution in [-0.4, -0.2) is 54.7 Å². The molecule has 0 radical (unpaired) electrons. The number of aromatic hydroxyl groups is 1. The second kappa shape index (κ2) is 6.26. The maximum Gasteiger partial charge on any atom is 0.123 e. The number of hydrogen-bond donors (Lipinski definition) is 1. The molecule has 0 spiro atoms. The Hall–Kier alpha value is -1.26. The van der Waals surface area contributed by atoms with E-state index in [0.717, 1.165) is 31.7 Å². The molecule has 1 aliphatic heterocycles. The molecule has 0 aliphatic carbocycles. The fourth-order valence-electron chi connectivity index (χ4n) is 2.64. The number of benzene rings is 1. The van der Waals surface area contributed by atoms with E-state index in [4.69, 9.17) is 4.74 Å². The van der Waals surface area contributed by atoms with Crippen LogP contribution in [0.2, 0.25) is 0 Å². The summed E-state index contributed by atoms with van der Waals surface area (Å²) in [5.74, 6) is 1.03. The molecule has 106 valence electrons. The molecule has 1 saturated heterocycles. The third kappa shape index (κ3) is 3.39. The van der Waals surface area contributed by atoms with Gasteiger partial charge in [0.25, 0.3) is 0 Å². The molecule has 4 heteroatoms. The summed E-state index contributed by atoms with van der Waals surface area (Å²) >= 11 is 0. The van der Waals surface area contributed by atoms with Crippen LogP contribution in [0, 0.1) is 0 Å². The molecule has 1 atom stereocenters. The minimum atomic E-state index is 0.325. The van der Waals surface area contributed by atoms with Gasteiger partial charge >= 0.3 is 0 Å². The van der Waals surface area contributed by atoms with Gasteiger partial charge in [0.05, 0.1) is 7.11 Å². The number of phenolic OH excluding ortho intramolecular Hbond substituents is 1. The molecule has 0 saturated carbocycles. The lowest BCUT2D eigenvalue weighted by Gasteiger charge is -2.39. The number of piperazine rings is 1. The fourth-order valence-corrected chi connectivity index (χ4v) is 2.64. The highest BCUT2D eigenvalue weighted by Gasteiger charge is 2.23. The molecule has 1 aromatic carbocycles. The van der Waals surface area contributed by atoms with Crippen LogP contribution in [0.4, 0.5) is 0 Å². The lowest BCUT2D eigenvalue weighted by molar-refractivity contribution is 0.0878. The molecule has 1 aliphatic rings. The van der Waals surface area contributed by atoms with E-state index in [1.807, 2.05) is 12.1 Å². The summed E-state index contributed by atoms with van der Waals surface area (Å²) in [5.41, 5.74) is 0.972.